The van der Waals surface area contributed by atoms with E-state index < -0.39 is 47.1 Å². The van der Waals surface area contributed by atoms with E-state index in [9.17, 15) is 31.1 Å². The normalized spacial score (nSPS) is 12.3. The van der Waals surface area contributed by atoms with Crippen molar-refractivity contribution in [3.8, 4) is 11.4 Å². The van der Waals surface area contributed by atoms with Gasteiger partial charge in [0.25, 0.3) is 0 Å². The first kappa shape index (κ1) is 21.4. The summed E-state index contributed by atoms with van der Waals surface area (Å²) in [6.45, 7) is 0.627. The van der Waals surface area contributed by atoms with Crippen LogP contribution in [0.25, 0.3) is 5.69 Å². The molecule has 3 rings (SSSR count). The number of aromatic nitrogens is 4. The summed E-state index contributed by atoms with van der Waals surface area (Å²) in [6.07, 6.45) is -9.61. The quantitative estimate of drug-likeness (QED) is 0.587. The predicted molar refractivity (Wildman–Crippen MR) is 92.1 cm³/mol. The van der Waals surface area contributed by atoms with Crippen LogP contribution in [0.5, 0.6) is 5.75 Å². The largest absolute Gasteiger partial charge is 0.488 e. The average molecular weight is 432 g/mol. The molecule has 3 aromatic rings. The fourth-order valence-electron chi connectivity index (χ4n) is 2.79. The van der Waals surface area contributed by atoms with Gasteiger partial charge in [0.2, 0.25) is 0 Å². The highest BCUT2D eigenvalue weighted by Gasteiger charge is 2.37. The number of tetrazole rings is 1. The summed E-state index contributed by atoms with van der Waals surface area (Å²) in [5.74, 6) is -0.628. The lowest BCUT2D eigenvalue weighted by atomic mass is 10.1. The Morgan fingerprint density at radius 2 is 1.63 bits per heavy atom. The maximum absolute atomic E-state index is 13.5. The molecule has 0 atom stereocenters. The third-order valence-corrected chi connectivity index (χ3v) is 4.22. The fourth-order valence-corrected chi connectivity index (χ4v) is 2.79. The zero-order chi connectivity index (χ0) is 22.3. The SMILES string of the molecule is Cc1ccc(C(F)(F)F)c(OCc2c(-n3nnn(C)c3=O)cccc2C(F)(F)F)c1. The van der Waals surface area contributed by atoms with Crippen LogP contribution >= 0.6 is 0 Å². The van der Waals surface area contributed by atoms with Crippen molar-refractivity contribution in [2.45, 2.75) is 25.9 Å². The van der Waals surface area contributed by atoms with Gasteiger partial charge >= 0.3 is 18.0 Å². The number of ether oxygens (including phenoxy) is 1. The lowest BCUT2D eigenvalue weighted by molar-refractivity contribution is -0.140. The van der Waals surface area contributed by atoms with Gasteiger partial charge in [-0.3, -0.25) is 0 Å². The van der Waals surface area contributed by atoms with Crippen LogP contribution in [-0.4, -0.2) is 19.8 Å². The molecule has 0 N–H and O–H groups in total. The van der Waals surface area contributed by atoms with E-state index in [1.54, 1.807) is 0 Å². The van der Waals surface area contributed by atoms with Crippen LogP contribution < -0.4 is 10.4 Å². The molecule has 0 saturated heterocycles. The number of nitrogens with zero attached hydrogens (tertiary/aromatic N) is 4. The number of halogens is 6. The Morgan fingerprint density at radius 3 is 2.20 bits per heavy atom. The Hall–Kier alpha value is -3.31. The first-order valence-electron chi connectivity index (χ1n) is 8.38. The molecule has 0 unspecified atom stereocenters. The van der Waals surface area contributed by atoms with Gasteiger partial charge in [-0.2, -0.15) is 35.7 Å². The Bertz CT molecular complexity index is 1130. The Kier molecular flexibility index (Phi) is 5.35. The highest BCUT2D eigenvalue weighted by molar-refractivity contribution is 5.47. The second kappa shape index (κ2) is 7.50. The molecule has 1 aromatic heterocycles. The molecule has 0 spiro atoms. The monoisotopic (exact) mass is 432 g/mol. The fraction of sp³-hybridized carbons (Fsp3) is 0.278. The lowest BCUT2D eigenvalue weighted by Crippen LogP contribution is -2.24. The van der Waals surface area contributed by atoms with Gasteiger partial charge in [0.1, 0.15) is 12.4 Å². The number of hydrogen-bond acceptors (Lipinski definition) is 4. The Morgan fingerprint density at radius 1 is 0.967 bits per heavy atom. The van der Waals surface area contributed by atoms with Crippen molar-refractivity contribution in [3.05, 3.63) is 69.1 Å². The molecular weight excluding hydrogens is 418 g/mol. The summed E-state index contributed by atoms with van der Waals surface area (Å²) in [5, 5.41) is 6.96. The van der Waals surface area contributed by atoms with Gasteiger partial charge in [0, 0.05) is 12.6 Å². The van der Waals surface area contributed by atoms with E-state index in [1.807, 2.05) is 0 Å². The smallest absolute Gasteiger partial charge is 0.419 e. The first-order chi connectivity index (χ1) is 13.9. The lowest BCUT2D eigenvalue weighted by Gasteiger charge is -2.19. The predicted octanol–water partition coefficient (Wildman–Crippen LogP) is 3.89. The number of aryl methyl sites for hydroxylation is 2. The van der Waals surface area contributed by atoms with Crippen molar-refractivity contribution >= 4 is 0 Å². The second-order valence-corrected chi connectivity index (χ2v) is 6.38. The topological polar surface area (TPSA) is 61.9 Å². The molecule has 0 aliphatic rings. The molecule has 30 heavy (non-hydrogen) atoms. The van der Waals surface area contributed by atoms with E-state index in [0.29, 0.717) is 10.2 Å². The van der Waals surface area contributed by atoms with Crippen LogP contribution in [0.1, 0.15) is 22.3 Å². The van der Waals surface area contributed by atoms with Gasteiger partial charge in [-0.25, -0.2) is 4.79 Å². The molecule has 0 bridgehead atoms. The summed E-state index contributed by atoms with van der Waals surface area (Å²) in [6, 6.07) is 6.04. The van der Waals surface area contributed by atoms with Crippen molar-refractivity contribution in [1.29, 1.82) is 0 Å². The highest BCUT2D eigenvalue weighted by atomic mass is 19.4. The first-order valence-corrected chi connectivity index (χ1v) is 8.38. The van der Waals surface area contributed by atoms with E-state index >= 15 is 0 Å². The van der Waals surface area contributed by atoms with Crippen LogP contribution in [-0.2, 0) is 26.0 Å². The van der Waals surface area contributed by atoms with Gasteiger partial charge in [-0.1, -0.05) is 12.1 Å². The van der Waals surface area contributed by atoms with Gasteiger partial charge in [-0.15, -0.1) is 0 Å². The van der Waals surface area contributed by atoms with E-state index in [4.69, 9.17) is 4.74 Å². The van der Waals surface area contributed by atoms with Crippen molar-refractivity contribution in [1.82, 2.24) is 19.8 Å². The molecule has 0 aliphatic heterocycles. The maximum Gasteiger partial charge on any atom is 0.419 e. The van der Waals surface area contributed by atoms with Crippen molar-refractivity contribution in [3.63, 3.8) is 0 Å². The molecule has 0 aliphatic carbocycles. The molecule has 0 saturated carbocycles. The standard InChI is InChI=1S/C18H14F6N4O2/c1-10-6-7-13(18(22,23)24)15(8-10)30-9-11-12(17(19,20)21)4-3-5-14(11)28-16(29)27(2)25-26-28/h3-8H,9H2,1-2H3. The van der Waals surface area contributed by atoms with Crippen LogP contribution in [0.15, 0.2) is 41.2 Å². The van der Waals surface area contributed by atoms with Crippen molar-refractivity contribution < 1.29 is 31.1 Å². The van der Waals surface area contributed by atoms with Gasteiger partial charge in [-0.05, 0) is 47.2 Å². The minimum absolute atomic E-state index is 0.302. The summed E-state index contributed by atoms with van der Waals surface area (Å²) in [7, 11) is 1.25. The molecule has 160 valence electrons. The Labute approximate surface area is 165 Å². The van der Waals surface area contributed by atoms with Gasteiger partial charge < -0.3 is 4.74 Å². The molecule has 6 nitrogen and oxygen atoms in total. The van der Waals surface area contributed by atoms with E-state index in [1.165, 1.54) is 26.1 Å². The number of alkyl halides is 6. The molecule has 1 heterocycles. The molecule has 12 heteroatoms. The summed E-state index contributed by atoms with van der Waals surface area (Å²) in [4.78, 5) is 12.1. The van der Waals surface area contributed by atoms with Crippen LogP contribution in [0, 0.1) is 6.92 Å². The minimum atomic E-state index is -4.85. The number of rotatable bonds is 4. The molecule has 0 amide bonds. The highest BCUT2D eigenvalue weighted by Crippen LogP contribution is 2.38. The van der Waals surface area contributed by atoms with Crippen LogP contribution in [0.2, 0.25) is 0 Å². The van der Waals surface area contributed by atoms with Gasteiger partial charge in [0.05, 0.1) is 16.8 Å². The number of benzene rings is 2. The average Bonchev–Trinajstić information content (AvgIpc) is 2.96. The second-order valence-electron chi connectivity index (χ2n) is 6.38. The van der Waals surface area contributed by atoms with E-state index in [0.717, 1.165) is 28.9 Å². The third-order valence-electron chi connectivity index (χ3n) is 4.22. The summed E-state index contributed by atoms with van der Waals surface area (Å²) < 4.78 is 87.0. The van der Waals surface area contributed by atoms with E-state index in [-0.39, 0.29) is 5.69 Å². The van der Waals surface area contributed by atoms with Gasteiger partial charge in [0.15, 0.2) is 0 Å². The molecular formula is C18H14F6N4O2. The van der Waals surface area contributed by atoms with Crippen LogP contribution in [0.3, 0.4) is 0 Å². The van der Waals surface area contributed by atoms with E-state index in [2.05, 4.69) is 10.4 Å². The molecule has 0 fully saturated rings. The molecule has 0 radical (unpaired) electrons. The maximum atomic E-state index is 13.5. The Balaban J connectivity index is 2.12. The summed E-state index contributed by atoms with van der Waals surface area (Å²) >= 11 is 0. The zero-order valence-electron chi connectivity index (χ0n) is 15.5. The van der Waals surface area contributed by atoms with Crippen molar-refractivity contribution in [2.75, 3.05) is 0 Å². The molecule has 2 aromatic carbocycles. The minimum Gasteiger partial charge on any atom is -0.488 e. The number of hydrogen-bond donors (Lipinski definition) is 0. The zero-order valence-corrected chi connectivity index (χ0v) is 15.5. The summed E-state index contributed by atoms with van der Waals surface area (Å²) in [5.41, 5.74) is -3.56. The van der Waals surface area contributed by atoms with Crippen molar-refractivity contribution in [2.24, 2.45) is 7.05 Å². The third kappa shape index (κ3) is 4.16. The van der Waals surface area contributed by atoms with Crippen LogP contribution in [0.4, 0.5) is 26.3 Å².